The number of amides is 1. The zero-order valence-corrected chi connectivity index (χ0v) is 13.7. The van der Waals surface area contributed by atoms with E-state index in [2.05, 4.69) is 5.10 Å². The number of pyridine rings is 1. The summed E-state index contributed by atoms with van der Waals surface area (Å²) in [4.78, 5) is 25.8. The molecule has 3 rings (SSSR count). The van der Waals surface area contributed by atoms with Crippen molar-refractivity contribution in [3.8, 4) is 5.75 Å². The SMILES string of the molecule is Cc1cc(C(=O)N2CC(Oc3cc(C)n(C)c(=O)c3)C2)n(C)n1. The number of hydrogen-bond donors (Lipinski definition) is 0. The van der Waals surface area contributed by atoms with E-state index in [0.717, 1.165) is 11.4 Å². The summed E-state index contributed by atoms with van der Waals surface area (Å²) in [6.45, 7) is 4.74. The summed E-state index contributed by atoms with van der Waals surface area (Å²) in [6.07, 6.45) is -0.0835. The first-order chi connectivity index (χ1) is 10.8. The minimum Gasteiger partial charge on any atom is -0.486 e. The molecule has 23 heavy (non-hydrogen) atoms. The van der Waals surface area contributed by atoms with Crippen molar-refractivity contribution < 1.29 is 9.53 Å². The number of carbonyl (C=O) groups is 1. The van der Waals surface area contributed by atoms with Crippen molar-refractivity contribution in [1.29, 1.82) is 0 Å². The molecule has 0 radical (unpaired) electrons. The van der Waals surface area contributed by atoms with Gasteiger partial charge in [-0.1, -0.05) is 0 Å². The first-order valence-electron chi connectivity index (χ1n) is 7.49. The van der Waals surface area contributed by atoms with Gasteiger partial charge in [0.1, 0.15) is 17.5 Å². The Bertz CT molecular complexity index is 815. The number of rotatable bonds is 3. The van der Waals surface area contributed by atoms with E-state index in [-0.39, 0.29) is 17.6 Å². The van der Waals surface area contributed by atoms with Crippen LogP contribution in [-0.4, -0.2) is 44.3 Å². The van der Waals surface area contributed by atoms with Gasteiger partial charge in [0.2, 0.25) is 0 Å². The Morgan fingerprint density at radius 3 is 2.48 bits per heavy atom. The van der Waals surface area contributed by atoms with Crippen molar-refractivity contribution in [3.05, 3.63) is 45.6 Å². The summed E-state index contributed by atoms with van der Waals surface area (Å²) < 4.78 is 8.95. The number of aromatic nitrogens is 3. The molecule has 1 amide bonds. The highest BCUT2D eigenvalue weighted by Gasteiger charge is 2.34. The van der Waals surface area contributed by atoms with E-state index in [1.807, 2.05) is 19.9 Å². The molecule has 1 aliphatic rings. The van der Waals surface area contributed by atoms with E-state index < -0.39 is 0 Å². The normalized spacial score (nSPS) is 14.7. The third kappa shape index (κ3) is 2.86. The third-order valence-corrected chi connectivity index (χ3v) is 4.14. The van der Waals surface area contributed by atoms with Crippen LogP contribution in [0.5, 0.6) is 5.75 Å². The molecule has 0 bridgehead atoms. The molecule has 0 aliphatic carbocycles. The summed E-state index contributed by atoms with van der Waals surface area (Å²) in [6, 6.07) is 5.08. The molecule has 0 unspecified atom stereocenters. The lowest BCUT2D eigenvalue weighted by atomic mass is 10.1. The second kappa shape index (κ2) is 5.57. The predicted octanol–water partition coefficient (Wildman–Crippen LogP) is 0.639. The van der Waals surface area contributed by atoms with Crippen molar-refractivity contribution in [1.82, 2.24) is 19.2 Å². The van der Waals surface area contributed by atoms with Crippen LogP contribution in [0.4, 0.5) is 0 Å². The Kier molecular flexibility index (Phi) is 3.71. The second-order valence-electron chi connectivity index (χ2n) is 5.97. The summed E-state index contributed by atoms with van der Waals surface area (Å²) in [7, 11) is 3.48. The molecule has 7 heteroatoms. The van der Waals surface area contributed by atoms with Gasteiger partial charge in [-0.05, 0) is 26.0 Å². The van der Waals surface area contributed by atoms with Crippen molar-refractivity contribution >= 4 is 5.91 Å². The summed E-state index contributed by atoms with van der Waals surface area (Å²) in [5, 5.41) is 4.19. The van der Waals surface area contributed by atoms with Crippen LogP contribution in [0.25, 0.3) is 0 Å². The number of carbonyl (C=O) groups excluding carboxylic acids is 1. The topological polar surface area (TPSA) is 69.4 Å². The third-order valence-electron chi connectivity index (χ3n) is 4.14. The molecule has 7 nitrogen and oxygen atoms in total. The molecular weight excluding hydrogens is 296 g/mol. The highest BCUT2D eigenvalue weighted by Crippen LogP contribution is 2.19. The van der Waals surface area contributed by atoms with Gasteiger partial charge in [-0.2, -0.15) is 5.10 Å². The maximum absolute atomic E-state index is 12.4. The lowest BCUT2D eigenvalue weighted by Gasteiger charge is -2.38. The van der Waals surface area contributed by atoms with E-state index >= 15 is 0 Å². The number of likely N-dealkylation sites (tertiary alicyclic amines) is 1. The largest absolute Gasteiger partial charge is 0.486 e. The van der Waals surface area contributed by atoms with Crippen LogP contribution < -0.4 is 10.3 Å². The van der Waals surface area contributed by atoms with Gasteiger partial charge < -0.3 is 14.2 Å². The molecule has 2 aromatic rings. The van der Waals surface area contributed by atoms with Gasteiger partial charge in [0.05, 0.1) is 18.8 Å². The molecule has 0 aromatic carbocycles. The number of aryl methyl sites for hydroxylation is 3. The fourth-order valence-corrected chi connectivity index (χ4v) is 2.65. The second-order valence-corrected chi connectivity index (χ2v) is 5.97. The van der Waals surface area contributed by atoms with Gasteiger partial charge in [-0.3, -0.25) is 14.3 Å². The predicted molar refractivity (Wildman–Crippen MR) is 84.7 cm³/mol. The van der Waals surface area contributed by atoms with Crippen molar-refractivity contribution in [2.24, 2.45) is 14.1 Å². The highest BCUT2D eigenvalue weighted by atomic mass is 16.5. The molecule has 0 atom stereocenters. The molecular formula is C16H20N4O3. The highest BCUT2D eigenvalue weighted by molar-refractivity contribution is 5.93. The minimum atomic E-state index is -0.0994. The fraction of sp³-hybridized carbons (Fsp3) is 0.438. The lowest BCUT2D eigenvalue weighted by molar-refractivity contribution is 0.0168. The van der Waals surface area contributed by atoms with Crippen LogP contribution in [0.15, 0.2) is 23.0 Å². The Balaban J connectivity index is 1.62. The number of ether oxygens (including phenoxy) is 1. The average Bonchev–Trinajstić information content (AvgIpc) is 2.77. The number of hydrogen-bond acceptors (Lipinski definition) is 4. The fourth-order valence-electron chi connectivity index (χ4n) is 2.65. The van der Waals surface area contributed by atoms with E-state index in [1.165, 1.54) is 6.07 Å². The maximum Gasteiger partial charge on any atom is 0.272 e. The van der Waals surface area contributed by atoms with Crippen molar-refractivity contribution in [2.45, 2.75) is 20.0 Å². The Hall–Kier alpha value is -2.57. The summed E-state index contributed by atoms with van der Waals surface area (Å²) in [5.41, 5.74) is 2.13. The molecule has 0 N–H and O–H groups in total. The van der Waals surface area contributed by atoms with Crippen LogP contribution in [0.2, 0.25) is 0 Å². The van der Waals surface area contributed by atoms with E-state index in [9.17, 15) is 9.59 Å². The molecule has 1 fully saturated rings. The van der Waals surface area contributed by atoms with Crippen LogP contribution in [-0.2, 0) is 14.1 Å². The van der Waals surface area contributed by atoms with Crippen LogP contribution in [0, 0.1) is 13.8 Å². The molecule has 2 aromatic heterocycles. The summed E-state index contributed by atoms with van der Waals surface area (Å²) >= 11 is 0. The van der Waals surface area contributed by atoms with Crippen LogP contribution in [0.3, 0.4) is 0 Å². The summed E-state index contributed by atoms with van der Waals surface area (Å²) in [5.74, 6) is 0.507. The van der Waals surface area contributed by atoms with Gasteiger partial charge in [0.25, 0.3) is 11.5 Å². The molecule has 1 aliphatic heterocycles. The van der Waals surface area contributed by atoms with Gasteiger partial charge in [0.15, 0.2) is 0 Å². The minimum absolute atomic E-state index is 0.0480. The maximum atomic E-state index is 12.4. The van der Waals surface area contributed by atoms with Crippen molar-refractivity contribution in [2.75, 3.05) is 13.1 Å². The van der Waals surface area contributed by atoms with E-state index in [4.69, 9.17) is 4.74 Å². The first-order valence-corrected chi connectivity index (χ1v) is 7.49. The molecule has 0 saturated carbocycles. The van der Waals surface area contributed by atoms with Gasteiger partial charge >= 0.3 is 0 Å². The van der Waals surface area contributed by atoms with Gasteiger partial charge in [0, 0.05) is 25.9 Å². The van der Waals surface area contributed by atoms with Crippen molar-refractivity contribution in [3.63, 3.8) is 0 Å². The Morgan fingerprint density at radius 2 is 1.91 bits per heavy atom. The van der Waals surface area contributed by atoms with Crippen LogP contribution in [0.1, 0.15) is 21.9 Å². The zero-order chi connectivity index (χ0) is 16.7. The first kappa shape index (κ1) is 15.3. The average molecular weight is 316 g/mol. The standard InChI is InChI=1S/C16H20N4O3/c1-10-5-14(19(4)17-10)16(22)20-8-13(9-20)23-12-6-11(2)18(3)15(21)7-12/h5-7,13H,8-9H2,1-4H3. The molecule has 122 valence electrons. The van der Waals surface area contributed by atoms with Gasteiger partial charge in [-0.25, -0.2) is 0 Å². The van der Waals surface area contributed by atoms with E-state index in [0.29, 0.717) is 24.5 Å². The Morgan fingerprint density at radius 1 is 1.22 bits per heavy atom. The molecule has 1 saturated heterocycles. The lowest BCUT2D eigenvalue weighted by Crippen LogP contribution is -2.56. The zero-order valence-electron chi connectivity index (χ0n) is 13.7. The smallest absolute Gasteiger partial charge is 0.272 e. The monoisotopic (exact) mass is 316 g/mol. The van der Waals surface area contributed by atoms with Crippen LogP contribution >= 0.6 is 0 Å². The Labute approximate surface area is 134 Å². The van der Waals surface area contributed by atoms with E-state index in [1.54, 1.807) is 34.3 Å². The number of nitrogens with zero attached hydrogens (tertiary/aromatic N) is 4. The molecule has 3 heterocycles. The van der Waals surface area contributed by atoms with Gasteiger partial charge in [-0.15, -0.1) is 0 Å². The quantitative estimate of drug-likeness (QED) is 0.833. The molecule has 0 spiro atoms.